The van der Waals surface area contributed by atoms with Crippen LogP contribution >= 0.6 is 0 Å². The van der Waals surface area contributed by atoms with E-state index >= 15 is 0 Å². The third-order valence-electron chi connectivity index (χ3n) is 4.23. The molecule has 0 spiro atoms. The highest BCUT2D eigenvalue weighted by Crippen LogP contribution is 2.21. The van der Waals surface area contributed by atoms with E-state index in [2.05, 4.69) is 16.2 Å². The number of hydrogen-bond acceptors (Lipinski definition) is 4. The molecule has 0 saturated carbocycles. The van der Waals surface area contributed by atoms with Gasteiger partial charge in [0.25, 0.3) is 17.7 Å². The number of hydrogen-bond donors (Lipinski definition) is 3. The van der Waals surface area contributed by atoms with Gasteiger partial charge in [-0.1, -0.05) is 0 Å². The lowest BCUT2D eigenvalue weighted by Gasteiger charge is -2.10. The Kier molecular flexibility index (Phi) is 5.77. The summed E-state index contributed by atoms with van der Waals surface area (Å²) in [5.41, 5.74) is 7.03. The van der Waals surface area contributed by atoms with Crippen molar-refractivity contribution in [3.8, 4) is 5.69 Å². The van der Waals surface area contributed by atoms with Crippen molar-refractivity contribution in [3.05, 3.63) is 77.3 Å². The second-order valence-electron chi connectivity index (χ2n) is 6.26. The lowest BCUT2D eigenvalue weighted by Crippen LogP contribution is -2.46. The van der Waals surface area contributed by atoms with E-state index in [-0.39, 0.29) is 18.1 Å². The zero-order valence-electron chi connectivity index (χ0n) is 15.8. The minimum Gasteiger partial charge on any atom is -0.459 e. The summed E-state index contributed by atoms with van der Waals surface area (Å²) in [6.45, 7) is 3.22. The van der Waals surface area contributed by atoms with Crippen molar-refractivity contribution >= 4 is 17.7 Å². The van der Waals surface area contributed by atoms with Gasteiger partial charge in [0.2, 0.25) is 0 Å². The number of aryl methyl sites for hydroxylation is 1. The smallest absolute Gasteiger partial charge is 0.287 e. The highest BCUT2D eigenvalue weighted by Gasteiger charge is 2.17. The van der Waals surface area contributed by atoms with Crippen LogP contribution in [-0.4, -0.2) is 28.8 Å². The minimum absolute atomic E-state index is 0.0788. The van der Waals surface area contributed by atoms with Gasteiger partial charge in [-0.15, -0.1) is 0 Å². The fraction of sp³-hybridized carbons (Fsp3) is 0.150. The molecule has 150 valence electrons. The zero-order valence-corrected chi connectivity index (χ0v) is 15.8. The maximum Gasteiger partial charge on any atom is 0.287 e. The van der Waals surface area contributed by atoms with Gasteiger partial charge in [0.1, 0.15) is 5.82 Å². The molecule has 0 aliphatic carbocycles. The molecule has 0 saturated heterocycles. The summed E-state index contributed by atoms with van der Waals surface area (Å²) in [6, 6.07) is 10.6. The lowest BCUT2D eigenvalue weighted by atomic mass is 10.2. The molecule has 1 aromatic carbocycles. The molecular weight excluding hydrogens is 379 g/mol. The quantitative estimate of drug-likeness (QED) is 0.572. The number of hydrazine groups is 1. The van der Waals surface area contributed by atoms with Crippen molar-refractivity contribution < 1.29 is 23.2 Å². The Morgan fingerprint density at radius 1 is 1.03 bits per heavy atom. The Morgan fingerprint density at radius 3 is 2.41 bits per heavy atom. The largest absolute Gasteiger partial charge is 0.459 e. The van der Waals surface area contributed by atoms with Gasteiger partial charge in [0, 0.05) is 17.1 Å². The number of aromatic nitrogens is 1. The molecule has 2 aromatic heterocycles. The first-order chi connectivity index (χ1) is 13.9. The molecule has 0 aliphatic heterocycles. The Bertz CT molecular complexity index is 1040. The number of nitrogens with one attached hydrogen (secondary N) is 3. The van der Waals surface area contributed by atoms with Crippen LogP contribution in [0.2, 0.25) is 0 Å². The molecule has 2 heterocycles. The third kappa shape index (κ3) is 4.52. The van der Waals surface area contributed by atoms with Crippen molar-refractivity contribution in [2.45, 2.75) is 13.8 Å². The van der Waals surface area contributed by atoms with Crippen molar-refractivity contribution in [2.75, 3.05) is 6.54 Å². The fourth-order valence-corrected chi connectivity index (χ4v) is 2.87. The van der Waals surface area contributed by atoms with E-state index in [0.29, 0.717) is 16.9 Å². The first-order valence-electron chi connectivity index (χ1n) is 8.72. The summed E-state index contributed by atoms with van der Waals surface area (Å²) < 4.78 is 19.9. The molecule has 0 bridgehead atoms. The lowest BCUT2D eigenvalue weighted by molar-refractivity contribution is -0.120. The SMILES string of the molecule is Cc1cc(C(=O)NNC(=O)CNC(=O)c2ccco2)c(C)n1-c1ccc(F)cc1. The minimum atomic E-state index is -0.606. The van der Waals surface area contributed by atoms with Gasteiger partial charge in [0.05, 0.1) is 18.4 Å². The maximum absolute atomic E-state index is 13.2. The van der Waals surface area contributed by atoms with E-state index in [4.69, 9.17) is 4.42 Å². The van der Waals surface area contributed by atoms with Crippen LogP contribution in [0.5, 0.6) is 0 Å². The van der Waals surface area contributed by atoms with E-state index in [0.717, 1.165) is 5.69 Å². The molecule has 0 radical (unpaired) electrons. The van der Waals surface area contributed by atoms with Gasteiger partial charge in [-0.25, -0.2) is 4.39 Å². The number of nitrogens with zero attached hydrogens (tertiary/aromatic N) is 1. The highest BCUT2D eigenvalue weighted by atomic mass is 19.1. The third-order valence-corrected chi connectivity index (χ3v) is 4.23. The van der Waals surface area contributed by atoms with Gasteiger partial charge in [-0.2, -0.15) is 0 Å². The zero-order chi connectivity index (χ0) is 21.0. The number of benzene rings is 1. The average molecular weight is 398 g/mol. The van der Waals surface area contributed by atoms with Gasteiger partial charge < -0.3 is 14.3 Å². The Balaban J connectivity index is 1.59. The summed E-state index contributed by atoms with van der Waals surface area (Å²) in [5, 5.41) is 2.37. The molecule has 29 heavy (non-hydrogen) atoms. The first-order valence-corrected chi connectivity index (χ1v) is 8.72. The molecule has 0 atom stereocenters. The number of amides is 3. The number of carbonyl (C=O) groups excluding carboxylic acids is 3. The van der Waals surface area contributed by atoms with Crippen LogP contribution in [0, 0.1) is 19.7 Å². The van der Waals surface area contributed by atoms with E-state index in [1.54, 1.807) is 35.8 Å². The van der Waals surface area contributed by atoms with E-state index in [1.165, 1.54) is 24.5 Å². The summed E-state index contributed by atoms with van der Waals surface area (Å²) in [7, 11) is 0. The van der Waals surface area contributed by atoms with Crippen LogP contribution in [0.1, 0.15) is 32.3 Å². The predicted molar refractivity (Wildman–Crippen MR) is 102 cm³/mol. The number of carbonyl (C=O) groups is 3. The predicted octanol–water partition coefficient (Wildman–Crippen LogP) is 2.02. The molecule has 3 N–H and O–H groups in total. The molecular formula is C20H19FN4O4. The van der Waals surface area contributed by atoms with E-state index in [1.807, 2.05) is 6.92 Å². The molecule has 3 amide bonds. The van der Waals surface area contributed by atoms with Crippen molar-refractivity contribution in [3.63, 3.8) is 0 Å². The Morgan fingerprint density at radius 2 is 1.76 bits per heavy atom. The molecule has 3 aromatic rings. The highest BCUT2D eigenvalue weighted by molar-refractivity contribution is 5.98. The molecule has 0 aliphatic rings. The second kappa shape index (κ2) is 8.42. The van der Waals surface area contributed by atoms with Gasteiger partial charge in [0.15, 0.2) is 5.76 Å². The Hall–Kier alpha value is -3.88. The number of halogens is 1. The molecule has 0 fully saturated rings. The van der Waals surface area contributed by atoms with Gasteiger partial charge in [-0.05, 0) is 56.3 Å². The number of rotatable bonds is 5. The standard InChI is InChI=1S/C20H19FN4O4/c1-12-10-16(13(2)25(12)15-7-5-14(21)6-8-15)19(27)24-23-18(26)11-22-20(28)17-4-3-9-29-17/h3-10H,11H2,1-2H3,(H,22,28)(H,23,26)(H,24,27). The topological polar surface area (TPSA) is 105 Å². The van der Waals surface area contributed by atoms with Crippen molar-refractivity contribution in [2.24, 2.45) is 0 Å². The van der Waals surface area contributed by atoms with Crippen LogP contribution in [0.3, 0.4) is 0 Å². The summed E-state index contributed by atoms with van der Waals surface area (Å²) >= 11 is 0. The fourth-order valence-electron chi connectivity index (χ4n) is 2.87. The summed E-state index contributed by atoms with van der Waals surface area (Å²) in [6.07, 6.45) is 1.34. The maximum atomic E-state index is 13.2. The molecule has 0 unspecified atom stereocenters. The first kappa shape index (κ1) is 19.9. The summed E-state index contributed by atoms with van der Waals surface area (Å²) in [4.78, 5) is 36.0. The Labute approximate surface area is 165 Å². The van der Waals surface area contributed by atoms with Gasteiger partial charge >= 0.3 is 0 Å². The van der Waals surface area contributed by atoms with Crippen LogP contribution in [-0.2, 0) is 4.79 Å². The number of furan rings is 1. The molecule has 3 rings (SSSR count). The van der Waals surface area contributed by atoms with Crippen LogP contribution < -0.4 is 16.2 Å². The normalized spacial score (nSPS) is 10.4. The average Bonchev–Trinajstić information content (AvgIpc) is 3.33. The van der Waals surface area contributed by atoms with E-state index < -0.39 is 17.7 Å². The van der Waals surface area contributed by atoms with Crippen LogP contribution in [0.4, 0.5) is 4.39 Å². The summed E-state index contributed by atoms with van der Waals surface area (Å²) in [5.74, 6) is -1.94. The van der Waals surface area contributed by atoms with Gasteiger partial charge in [-0.3, -0.25) is 25.2 Å². The molecule has 8 nitrogen and oxygen atoms in total. The van der Waals surface area contributed by atoms with E-state index in [9.17, 15) is 18.8 Å². The van der Waals surface area contributed by atoms with Crippen LogP contribution in [0.25, 0.3) is 5.69 Å². The monoisotopic (exact) mass is 398 g/mol. The van der Waals surface area contributed by atoms with Crippen LogP contribution in [0.15, 0.2) is 53.1 Å². The van der Waals surface area contributed by atoms with Crippen molar-refractivity contribution in [1.82, 2.24) is 20.7 Å². The van der Waals surface area contributed by atoms with Crippen molar-refractivity contribution in [1.29, 1.82) is 0 Å². The second-order valence-corrected chi connectivity index (χ2v) is 6.26. The molecule has 9 heteroatoms.